The maximum absolute atomic E-state index is 13.3. The number of hydrogen-bond acceptors (Lipinski definition) is 5. The van der Waals surface area contributed by atoms with Crippen molar-refractivity contribution in [1.82, 2.24) is 9.97 Å². The van der Waals surface area contributed by atoms with Crippen molar-refractivity contribution >= 4 is 17.5 Å². The van der Waals surface area contributed by atoms with E-state index in [4.69, 9.17) is 0 Å². The molecule has 5 nitrogen and oxygen atoms in total. The summed E-state index contributed by atoms with van der Waals surface area (Å²) in [6.45, 7) is 5.16. The van der Waals surface area contributed by atoms with E-state index in [-0.39, 0.29) is 34.8 Å². The van der Waals surface area contributed by atoms with Crippen LogP contribution in [0.3, 0.4) is 0 Å². The molecule has 3 rings (SSSR count). The van der Waals surface area contributed by atoms with Gasteiger partial charge in [0, 0.05) is 23.4 Å². The van der Waals surface area contributed by atoms with Gasteiger partial charge in [-0.25, -0.2) is 4.98 Å². The van der Waals surface area contributed by atoms with Gasteiger partial charge in [0.15, 0.2) is 0 Å². The van der Waals surface area contributed by atoms with E-state index in [0.717, 1.165) is 18.6 Å². The van der Waals surface area contributed by atoms with Crippen molar-refractivity contribution in [2.45, 2.75) is 45.8 Å². The van der Waals surface area contributed by atoms with Crippen LogP contribution in [-0.4, -0.2) is 22.4 Å². The molecule has 0 fully saturated rings. The van der Waals surface area contributed by atoms with E-state index in [9.17, 15) is 26.3 Å². The van der Waals surface area contributed by atoms with E-state index in [0.29, 0.717) is 5.56 Å². The third kappa shape index (κ3) is 6.52. The number of aromatic nitrogens is 2. The highest BCUT2D eigenvalue weighted by molar-refractivity contribution is 5.70. The highest BCUT2D eigenvalue weighted by atomic mass is 19.4. The number of ether oxygens (including phenoxy) is 1. The minimum atomic E-state index is -4.86. The van der Waals surface area contributed by atoms with E-state index in [1.807, 2.05) is 13.8 Å². The lowest BCUT2D eigenvalue weighted by Crippen LogP contribution is -2.17. The Morgan fingerprint density at radius 1 is 0.971 bits per heavy atom. The van der Waals surface area contributed by atoms with Gasteiger partial charge in [0.05, 0.1) is 11.3 Å². The van der Waals surface area contributed by atoms with E-state index < -0.39 is 23.9 Å². The number of rotatable bonds is 7. The molecule has 0 amide bonds. The van der Waals surface area contributed by atoms with Crippen molar-refractivity contribution < 1.29 is 31.1 Å². The van der Waals surface area contributed by atoms with Crippen LogP contribution in [0, 0.1) is 6.92 Å². The number of alkyl halides is 6. The van der Waals surface area contributed by atoms with Crippen LogP contribution in [0.25, 0.3) is 11.3 Å². The molecule has 1 heterocycles. The van der Waals surface area contributed by atoms with Crippen molar-refractivity contribution in [3.8, 4) is 17.0 Å². The molecule has 2 aromatic carbocycles. The average Bonchev–Trinajstić information content (AvgIpc) is 2.73. The molecular formula is C23H22F6N4O. The van der Waals surface area contributed by atoms with Crippen molar-refractivity contribution in [2.24, 2.45) is 0 Å². The lowest BCUT2D eigenvalue weighted by molar-refractivity contribution is -0.274. The topological polar surface area (TPSA) is 59.1 Å². The summed E-state index contributed by atoms with van der Waals surface area (Å²) < 4.78 is 81.8. The SMILES string of the molecule is CC[C@H](C)Nc1nc(Nc2cccc(C(F)(F)F)c2C)cc(-c2cccc(OC(F)(F)F)c2)n1. The molecule has 0 aliphatic rings. The van der Waals surface area contributed by atoms with Crippen LogP contribution in [0.2, 0.25) is 0 Å². The van der Waals surface area contributed by atoms with Crippen LogP contribution in [-0.2, 0) is 6.18 Å². The second-order valence-electron chi connectivity index (χ2n) is 7.59. The maximum atomic E-state index is 13.3. The van der Waals surface area contributed by atoms with E-state index in [1.165, 1.54) is 43.3 Å². The Hall–Kier alpha value is -3.50. The highest BCUT2D eigenvalue weighted by Gasteiger charge is 2.33. The Labute approximate surface area is 192 Å². The Morgan fingerprint density at radius 2 is 1.68 bits per heavy atom. The molecule has 34 heavy (non-hydrogen) atoms. The molecule has 11 heteroatoms. The number of hydrogen-bond donors (Lipinski definition) is 2. The lowest BCUT2D eigenvalue weighted by atomic mass is 10.1. The molecule has 0 aliphatic carbocycles. The molecule has 0 saturated carbocycles. The summed E-state index contributed by atoms with van der Waals surface area (Å²) in [7, 11) is 0. The average molecular weight is 484 g/mol. The van der Waals surface area contributed by atoms with Gasteiger partial charge in [-0.15, -0.1) is 13.2 Å². The molecule has 2 N–H and O–H groups in total. The standard InChI is InChI=1S/C23H22F6N4O/c1-4-13(2)30-21-32-19(15-7-5-8-16(11-15)34-23(27,28)29)12-20(33-21)31-18-10-6-9-17(14(18)3)22(24,25)26/h5-13H,4H2,1-3H3,(H2,30,31,32,33)/t13-/m0/s1. The van der Waals surface area contributed by atoms with Gasteiger partial charge in [0.2, 0.25) is 5.95 Å². The molecule has 0 spiro atoms. The number of benzene rings is 2. The molecule has 1 aromatic heterocycles. The van der Waals surface area contributed by atoms with Crippen LogP contribution in [0.4, 0.5) is 43.8 Å². The van der Waals surface area contributed by atoms with Gasteiger partial charge in [-0.3, -0.25) is 0 Å². The Bertz CT molecular complexity index is 1150. The van der Waals surface area contributed by atoms with Crippen LogP contribution in [0.5, 0.6) is 5.75 Å². The zero-order chi connectivity index (χ0) is 25.1. The minimum absolute atomic E-state index is 0.0211. The molecule has 0 unspecified atom stereocenters. The zero-order valence-corrected chi connectivity index (χ0v) is 18.5. The quantitative estimate of drug-likeness (QED) is 0.344. The molecular weight excluding hydrogens is 462 g/mol. The summed E-state index contributed by atoms with van der Waals surface area (Å²) >= 11 is 0. The third-order valence-corrected chi connectivity index (χ3v) is 4.98. The summed E-state index contributed by atoms with van der Waals surface area (Å²) in [5, 5.41) is 5.95. The predicted octanol–water partition coefficient (Wildman–Crippen LogP) is 7.32. The second kappa shape index (κ2) is 9.78. The fourth-order valence-electron chi connectivity index (χ4n) is 3.11. The normalized spacial score (nSPS) is 12.9. The van der Waals surface area contributed by atoms with Crippen molar-refractivity contribution in [3.05, 3.63) is 59.7 Å². The first-order valence-corrected chi connectivity index (χ1v) is 10.3. The summed E-state index contributed by atoms with van der Waals surface area (Å²) in [6, 6.07) is 10.4. The molecule has 0 aliphatic heterocycles. The summed E-state index contributed by atoms with van der Waals surface area (Å²) in [6.07, 6.45) is -8.65. The van der Waals surface area contributed by atoms with Gasteiger partial charge >= 0.3 is 12.5 Å². The monoisotopic (exact) mass is 484 g/mol. The van der Waals surface area contributed by atoms with Crippen LogP contribution >= 0.6 is 0 Å². The van der Waals surface area contributed by atoms with Crippen LogP contribution < -0.4 is 15.4 Å². The molecule has 182 valence electrons. The van der Waals surface area contributed by atoms with Gasteiger partial charge in [-0.05, 0) is 50.1 Å². The van der Waals surface area contributed by atoms with E-state index in [2.05, 4.69) is 25.3 Å². The third-order valence-electron chi connectivity index (χ3n) is 4.98. The lowest BCUT2D eigenvalue weighted by Gasteiger charge is -2.17. The summed E-state index contributed by atoms with van der Waals surface area (Å²) in [5.41, 5.74) is -0.0715. The zero-order valence-electron chi connectivity index (χ0n) is 18.5. The molecule has 0 radical (unpaired) electrons. The van der Waals surface area contributed by atoms with Gasteiger partial charge in [-0.1, -0.05) is 25.1 Å². The number of halogens is 6. The first-order valence-electron chi connectivity index (χ1n) is 10.3. The fraction of sp³-hybridized carbons (Fsp3) is 0.304. The second-order valence-corrected chi connectivity index (χ2v) is 7.59. The van der Waals surface area contributed by atoms with E-state index >= 15 is 0 Å². The van der Waals surface area contributed by atoms with Gasteiger partial charge < -0.3 is 15.4 Å². The largest absolute Gasteiger partial charge is 0.573 e. The first kappa shape index (κ1) is 25.1. The molecule has 0 bridgehead atoms. The maximum Gasteiger partial charge on any atom is 0.573 e. The number of nitrogens with one attached hydrogen (secondary N) is 2. The Morgan fingerprint density at radius 3 is 2.32 bits per heavy atom. The van der Waals surface area contributed by atoms with Crippen molar-refractivity contribution in [1.29, 1.82) is 0 Å². The molecule has 1 atom stereocenters. The Balaban J connectivity index is 2.04. The summed E-state index contributed by atoms with van der Waals surface area (Å²) in [5.74, 6) is -0.0928. The smallest absolute Gasteiger partial charge is 0.406 e. The van der Waals surface area contributed by atoms with Crippen LogP contribution in [0.15, 0.2) is 48.5 Å². The first-order chi connectivity index (χ1) is 15.9. The van der Waals surface area contributed by atoms with Gasteiger partial charge in [-0.2, -0.15) is 18.2 Å². The molecule has 0 saturated heterocycles. The fourth-order valence-corrected chi connectivity index (χ4v) is 3.11. The van der Waals surface area contributed by atoms with Crippen molar-refractivity contribution in [2.75, 3.05) is 10.6 Å². The molecule has 3 aromatic rings. The summed E-state index contributed by atoms with van der Waals surface area (Å²) in [4.78, 5) is 8.70. The minimum Gasteiger partial charge on any atom is -0.406 e. The van der Waals surface area contributed by atoms with Gasteiger partial charge in [0.1, 0.15) is 11.6 Å². The highest BCUT2D eigenvalue weighted by Crippen LogP contribution is 2.36. The predicted molar refractivity (Wildman–Crippen MR) is 117 cm³/mol. The number of nitrogens with zero attached hydrogens (tertiary/aromatic N) is 2. The van der Waals surface area contributed by atoms with Gasteiger partial charge in [0.25, 0.3) is 0 Å². The number of anilines is 3. The van der Waals surface area contributed by atoms with Crippen LogP contribution in [0.1, 0.15) is 31.4 Å². The van der Waals surface area contributed by atoms with Crippen molar-refractivity contribution in [3.63, 3.8) is 0 Å². The Kier molecular flexibility index (Phi) is 7.23. The van der Waals surface area contributed by atoms with E-state index in [1.54, 1.807) is 0 Å².